The quantitative estimate of drug-likeness (QED) is 0.467. The van der Waals surface area contributed by atoms with E-state index in [0.29, 0.717) is 18.5 Å². The van der Waals surface area contributed by atoms with Crippen LogP contribution >= 0.6 is 0 Å². The monoisotopic (exact) mass is 464 g/mol. The van der Waals surface area contributed by atoms with E-state index in [1.54, 1.807) is 11.9 Å². The number of carbonyl (C=O) groups is 1. The lowest BCUT2D eigenvalue weighted by Gasteiger charge is -2.27. The van der Waals surface area contributed by atoms with Gasteiger partial charge in [-0.3, -0.25) is 4.79 Å². The second-order valence-electron chi connectivity index (χ2n) is 9.29. The molecule has 35 heavy (non-hydrogen) atoms. The molecule has 0 fully saturated rings. The number of aromatic amines is 1. The zero-order valence-corrected chi connectivity index (χ0v) is 20.3. The van der Waals surface area contributed by atoms with Crippen LogP contribution in [0.1, 0.15) is 33.5 Å². The van der Waals surface area contributed by atoms with Gasteiger partial charge in [-0.25, -0.2) is 9.97 Å². The van der Waals surface area contributed by atoms with Crippen LogP contribution in [-0.4, -0.2) is 57.8 Å². The van der Waals surface area contributed by atoms with Crippen molar-refractivity contribution in [3.05, 3.63) is 71.0 Å². The average molecular weight is 465 g/mol. The zero-order valence-electron chi connectivity index (χ0n) is 20.3. The summed E-state index contributed by atoms with van der Waals surface area (Å²) in [7, 11) is 3.87. The normalized spacial score (nSPS) is 13.4. The van der Waals surface area contributed by atoms with Crippen molar-refractivity contribution in [2.45, 2.75) is 26.3 Å². The molecule has 1 aliphatic rings. The number of likely N-dealkylation sites (N-methyl/N-ethyl adjacent to an activating group) is 1. The molecule has 1 aliphatic heterocycles. The minimum atomic E-state index is -0.0961. The molecule has 0 bridgehead atoms. The highest BCUT2D eigenvalue weighted by Gasteiger charge is 2.18. The van der Waals surface area contributed by atoms with Gasteiger partial charge in [0.05, 0.1) is 24.4 Å². The Hall–Kier alpha value is -4.02. The van der Waals surface area contributed by atoms with Gasteiger partial charge in [0.25, 0.3) is 5.91 Å². The Balaban J connectivity index is 1.47. The van der Waals surface area contributed by atoms with E-state index in [2.05, 4.69) is 47.0 Å². The van der Waals surface area contributed by atoms with E-state index in [1.807, 2.05) is 36.7 Å². The topological polar surface area (TPSA) is 88.9 Å². The number of rotatable bonds is 5. The number of fused-ring (bicyclic) bond motifs is 2. The minimum absolute atomic E-state index is 0.0961. The molecule has 0 radical (unpaired) electrons. The molecule has 0 aliphatic carbocycles. The maximum Gasteiger partial charge on any atom is 0.253 e. The number of hydrogen-bond donors (Lipinski definition) is 1. The maximum absolute atomic E-state index is 12.6. The first-order chi connectivity index (χ1) is 16.9. The third-order valence-electron chi connectivity index (χ3n) is 6.77. The summed E-state index contributed by atoms with van der Waals surface area (Å²) < 4.78 is 0. The Bertz CT molecular complexity index is 1450. The third-order valence-corrected chi connectivity index (χ3v) is 6.77. The van der Waals surface area contributed by atoms with Gasteiger partial charge in [0.2, 0.25) is 0 Å². The van der Waals surface area contributed by atoms with E-state index in [4.69, 9.17) is 10.2 Å². The first kappa shape index (κ1) is 22.8. The second kappa shape index (κ2) is 9.32. The molecule has 2 aromatic carbocycles. The molecule has 0 saturated carbocycles. The van der Waals surface area contributed by atoms with Crippen LogP contribution in [0.25, 0.3) is 33.5 Å². The number of carbonyl (C=O) groups excluding carboxylic acids is 1. The number of aryl methyl sites for hydroxylation is 1. The zero-order chi connectivity index (χ0) is 24.5. The van der Waals surface area contributed by atoms with Crippen molar-refractivity contribution >= 4 is 17.1 Å². The maximum atomic E-state index is 12.6. The fraction of sp³-hybridized carbons (Fsp3) is 0.286. The molecule has 3 heterocycles. The lowest BCUT2D eigenvalue weighted by Crippen LogP contribution is -2.27. The standard InChI is InChI=1S/C28H28N6O/c1-18-13-21(14-22-17-33(2)12-9-23(18)22)25-16-31-27-26(32-25)24(15-30-27)19-5-7-20(8-6-19)28(35)34(3)11-4-10-29/h5-8,13-16H,4,9,11-12,17H2,1-3H3,(H,30,31). The Morgan fingerprint density at radius 1 is 1.23 bits per heavy atom. The smallest absolute Gasteiger partial charge is 0.253 e. The molecule has 7 nitrogen and oxygen atoms in total. The fourth-order valence-electron chi connectivity index (χ4n) is 4.79. The van der Waals surface area contributed by atoms with E-state index < -0.39 is 0 Å². The van der Waals surface area contributed by atoms with Crippen molar-refractivity contribution in [1.29, 1.82) is 5.26 Å². The lowest BCUT2D eigenvalue weighted by atomic mass is 9.92. The number of nitriles is 1. The molecule has 1 N–H and O–H groups in total. The first-order valence-electron chi connectivity index (χ1n) is 11.8. The highest BCUT2D eigenvalue weighted by molar-refractivity contribution is 5.96. The van der Waals surface area contributed by atoms with E-state index in [1.165, 1.54) is 16.7 Å². The lowest BCUT2D eigenvalue weighted by molar-refractivity contribution is 0.0798. The molecule has 0 spiro atoms. The summed E-state index contributed by atoms with van der Waals surface area (Å²) in [6.45, 7) is 4.64. The third kappa shape index (κ3) is 4.41. The number of nitrogens with one attached hydrogen (secondary N) is 1. The summed E-state index contributed by atoms with van der Waals surface area (Å²) in [6, 6.07) is 14.0. The largest absolute Gasteiger partial charge is 0.344 e. The van der Waals surface area contributed by atoms with Crippen LogP contribution < -0.4 is 0 Å². The highest BCUT2D eigenvalue weighted by atomic mass is 16.2. The van der Waals surface area contributed by atoms with Crippen molar-refractivity contribution < 1.29 is 4.79 Å². The van der Waals surface area contributed by atoms with Gasteiger partial charge in [0, 0.05) is 49.6 Å². The van der Waals surface area contributed by atoms with Crippen molar-refractivity contribution in [3.63, 3.8) is 0 Å². The number of amides is 1. The number of hydrogen-bond acceptors (Lipinski definition) is 5. The molecule has 176 valence electrons. The number of benzene rings is 2. The van der Waals surface area contributed by atoms with Crippen LogP contribution in [0, 0.1) is 18.3 Å². The van der Waals surface area contributed by atoms with E-state index in [9.17, 15) is 4.79 Å². The Kier molecular flexibility index (Phi) is 6.06. The average Bonchev–Trinajstić information content (AvgIpc) is 3.30. The van der Waals surface area contributed by atoms with Gasteiger partial charge < -0.3 is 14.8 Å². The molecule has 7 heteroatoms. The molecule has 0 saturated heterocycles. The first-order valence-corrected chi connectivity index (χ1v) is 11.8. The van der Waals surface area contributed by atoms with Gasteiger partial charge in [0.1, 0.15) is 5.52 Å². The summed E-state index contributed by atoms with van der Waals surface area (Å²) >= 11 is 0. The van der Waals surface area contributed by atoms with Gasteiger partial charge >= 0.3 is 0 Å². The van der Waals surface area contributed by atoms with Gasteiger partial charge in [-0.15, -0.1) is 0 Å². The summed E-state index contributed by atoms with van der Waals surface area (Å²) in [5.41, 5.74) is 10.1. The van der Waals surface area contributed by atoms with Crippen LogP contribution in [-0.2, 0) is 13.0 Å². The van der Waals surface area contributed by atoms with E-state index >= 15 is 0 Å². The van der Waals surface area contributed by atoms with Crippen molar-refractivity contribution in [2.75, 3.05) is 27.2 Å². The SMILES string of the molecule is Cc1cc(-c2cnc3[nH]cc(-c4ccc(C(=O)N(C)CCC#N)cc4)c3n2)cc2c1CCN(C)C2. The van der Waals surface area contributed by atoms with Crippen molar-refractivity contribution in [3.8, 4) is 28.5 Å². The molecular formula is C28H28N6O. The van der Waals surface area contributed by atoms with Crippen LogP contribution in [0.15, 0.2) is 48.8 Å². The molecule has 0 atom stereocenters. The molecule has 1 amide bonds. The van der Waals surface area contributed by atoms with Gasteiger partial charge in [0.15, 0.2) is 5.65 Å². The van der Waals surface area contributed by atoms with Crippen LogP contribution in [0.3, 0.4) is 0 Å². The molecule has 4 aromatic rings. The van der Waals surface area contributed by atoms with Crippen LogP contribution in [0.2, 0.25) is 0 Å². The number of nitrogens with zero attached hydrogens (tertiary/aromatic N) is 5. The molecule has 0 unspecified atom stereocenters. The Morgan fingerprint density at radius 3 is 2.80 bits per heavy atom. The fourth-order valence-corrected chi connectivity index (χ4v) is 4.79. The number of H-pyrrole nitrogens is 1. The molecular weight excluding hydrogens is 436 g/mol. The summed E-state index contributed by atoms with van der Waals surface area (Å²) in [6.07, 6.45) is 5.14. The van der Waals surface area contributed by atoms with Crippen molar-refractivity contribution in [1.82, 2.24) is 24.8 Å². The highest BCUT2D eigenvalue weighted by Crippen LogP contribution is 2.31. The predicted octanol–water partition coefficient (Wildman–Crippen LogP) is 4.57. The van der Waals surface area contributed by atoms with Crippen LogP contribution in [0.4, 0.5) is 0 Å². The van der Waals surface area contributed by atoms with Gasteiger partial charge in [-0.1, -0.05) is 12.1 Å². The summed E-state index contributed by atoms with van der Waals surface area (Å²) in [5, 5.41) is 8.76. The Labute approximate surface area is 205 Å². The van der Waals surface area contributed by atoms with E-state index in [0.717, 1.165) is 53.1 Å². The summed E-state index contributed by atoms with van der Waals surface area (Å²) in [5.74, 6) is -0.0961. The van der Waals surface area contributed by atoms with Crippen molar-refractivity contribution in [2.24, 2.45) is 0 Å². The molecule has 5 rings (SSSR count). The number of aromatic nitrogens is 3. The summed E-state index contributed by atoms with van der Waals surface area (Å²) in [4.78, 5) is 29.4. The van der Waals surface area contributed by atoms with E-state index in [-0.39, 0.29) is 5.91 Å². The molecule has 2 aromatic heterocycles. The van der Waals surface area contributed by atoms with Crippen LogP contribution in [0.5, 0.6) is 0 Å². The second-order valence-corrected chi connectivity index (χ2v) is 9.29. The van der Waals surface area contributed by atoms with Gasteiger partial charge in [-0.05, 0) is 66.9 Å². The minimum Gasteiger partial charge on any atom is -0.344 e. The predicted molar refractivity (Wildman–Crippen MR) is 137 cm³/mol. The Morgan fingerprint density at radius 2 is 2.03 bits per heavy atom. The van der Waals surface area contributed by atoms with Gasteiger partial charge in [-0.2, -0.15) is 5.26 Å².